The lowest BCUT2D eigenvalue weighted by molar-refractivity contribution is 0.146. The maximum absolute atomic E-state index is 9.67. The number of nitrogens with one attached hydrogen (secondary N) is 1. The molecule has 1 aliphatic heterocycles. The molecule has 0 amide bonds. The normalized spacial score (nSPS) is 17.3. The van der Waals surface area contributed by atoms with Crippen LogP contribution in [0.4, 0.5) is 0 Å². The fourth-order valence-electron chi connectivity index (χ4n) is 4.76. The van der Waals surface area contributed by atoms with Gasteiger partial charge in [0.15, 0.2) is 0 Å². The Bertz CT molecular complexity index is 1420. The van der Waals surface area contributed by atoms with Crippen molar-refractivity contribution >= 4 is 23.1 Å². The Morgan fingerprint density at radius 3 is 2.86 bits per heavy atom. The summed E-state index contributed by atoms with van der Waals surface area (Å²) in [5, 5.41) is 27.5. The van der Waals surface area contributed by atoms with E-state index in [1.165, 1.54) is 0 Å². The molecule has 0 saturated heterocycles. The topological polar surface area (TPSA) is 119 Å². The highest BCUT2D eigenvalue weighted by atomic mass is 16.5. The third-order valence-electron chi connectivity index (χ3n) is 6.27. The number of fused-ring (bicyclic) bond motifs is 4. The molecule has 2 N–H and O–H groups in total. The van der Waals surface area contributed by atoms with Gasteiger partial charge in [0.2, 0.25) is 11.8 Å². The molecule has 2 bridgehead atoms. The molecule has 36 heavy (non-hydrogen) atoms. The molecule has 4 aromatic rings. The Kier molecular flexibility index (Phi) is 6.50. The van der Waals surface area contributed by atoms with Gasteiger partial charge in [-0.15, -0.1) is 5.10 Å². The van der Waals surface area contributed by atoms with Crippen molar-refractivity contribution in [3.05, 3.63) is 34.9 Å². The van der Waals surface area contributed by atoms with E-state index in [9.17, 15) is 5.11 Å². The highest BCUT2D eigenvalue weighted by molar-refractivity contribution is 5.92. The van der Waals surface area contributed by atoms with Gasteiger partial charge in [-0.2, -0.15) is 10.2 Å². The van der Waals surface area contributed by atoms with Crippen LogP contribution in [-0.2, 0) is 20.1 Å². The first-order valence-corrected chi connectivity index (χ1v) is 12.1. The molecule has 11 heteroatoms. The van der Waals surface area contributed by atoms with Gasteiger partial charge in [0.25, 0.3) is 0 Å². The number of nitrogens with zero attached hydrogens (tertiary/aromatic N) is 7. The third-order valence-corrected chi connectivity index (χ3v) is 6.27. The number of aromatic nitrogens is 7. The van der Waals surface area contributed by atoms with Gasteiger partial charge in [0.05, 0.1) is 65.4 Å². The minimum atomic E-state index is -0.124. The van der Waals surface area contributed by atoms with Crippen molar-refractivity contribution in [1.82, 2.24) is 39.6 Å². The average molecular weight is 493 g/mol. The van der Waals surface area contributed by atoms with Gasteiger partial charge in [-0.3, -0.25) is 19.7 Å². The number of aliphatic hydroxyl groups is 1. The molecule has 1 aliphatic rings. The largest absolute Gasteiger partial charge is 0.476 e. The number of hydrogen-bond donors (Lipinski definition) is 2. The van der Waals surface area contributed by atoms with Crippen molar-refractivity contribution in [1.29, 1.82) is 0 Å². The Morgan fingerprint density at radius 1 is 1.25 bits per heavy atom. The van der Waals surface area contributed by atoms with Crippen LogP contribution in [0.25, 0.3) is 34.3 Å². The van der Waals surface area contributed by atoms with E-state index in [-0.39, 0.29) is 12.7 Å². The molecular weight excluding hydrogens is 460 g/mol. The molecule has 4 aromatic heterocycles. The van der Waals surface area contributed by atoms with Gasteiger partial charge < -0.3 is 14.6 Å². The van der Waals surface area contributed by atoms with Crippen molar-refractivity contribution in [2.45, 2.75) is 40.0 Å². The SMILES string of the molecule is CCOc1nn(CCO)c2c1/C=C/c1n[nH]c3cnc(cc13)-c1c(C)nn(C)c1OC(C)CN(C)C2. The number of hydrogen-bond acceptors (Lipinski definition) is 8. The summed E-state index contributed by atoms with van der Waals surface area (Å²) in [6.07, 6.45) is 5.62. The number of ether oxygens (including phenoxy) is 2. The third kappa shape index (κ3) is 4.35. The van der Waals surface area contributed by atoms with E-state index in [2.05, 4.69) is 30.3 Å². The van der Waals surface area contributed by atoms with Crippen LogP contribution in [0.5, 0.6) is 11.8 Å². The molecule has 0 radical (unpaired) electrons. The number of likely N-dealkylation sites (N-methyl/N-ethyl adjacent to an activating group) is 1. The predicted molar refractivity (Wildman–Crippen MR) is 137 cm³/mol. The average Bonchev–Trinajstić information content (AvgIpc) is 3.46. The number of aliphatic hydroxyl groups excluding tert-OH is 1. The first kappa shape index (κ1) is 24.0. The second-order valence-electron chi connectivity index (χ2n) is 9.12. The predicted octanol–water partition coefficient (Wildman–Crippen LogP) is 2.64. The Morgan fingerprint density at radius 2 is 2.08 bits per heavy atom. The Labute approximate surface area is 209 Å². The lowest BCUT2D eigenvalue weighted by Gasteiger charge is -2.23. The van der Waals surface area contributed by atoms with Crippen LogP contribution in [0.1, 0.15) is 36.5 Å². The van der Waals surface area contributed by atoms with E-state index in [1.807, 2.05) is 57.8 Å². The highest BCUT2D eigenvalue weighted by Gasteiger charge is 2.24. The maximum atomic E-state index is 9.67. The summed E-state index contributed by atoms with van der Waals surface area (Å²) in [7, 11) is 3.93. The number of aryl methyl sites for hydroxylation is 2. The molecule has 0 saturated carbocycles. The summed E-state index contributed by atoms with van der Waals surface area (Å²) in [4.78, 5) is 6.87. The van der Waals surface area contributed by atoms with Crippen LogP contribution in [-0.4, -0.2) is 77.7 Å². The fraction of sp³-hybridized carbons (Fsp3) is 0.440. The molecule has 0 aliphatic carbocycles. The summed E-state index contributed by atoms with van der Waals surface area (Å²) in [6, 6.07) is 2.02. The smallest absolute Gasteiger partial charge is 0.240 e. The summed E-state index contributed by atoms with van der Waals surface area (Å²) in [5.41, 5.74) is 5.93. The summed E-state index contributed by atoms with van der Waals surface area (Å²) in [6.45, 7) is 8.05. The number of pyridine rings is 1. The monoisotopic (exact) mass is 492 g/mol. The van der Waals surface area contributed by atoms with E-state index in [0.717, 1.165) is 44.8 Å². The highest BCUT2D eigenvalue weighted by Crippen LogP contribution is 2.35. The number of aromatic amines is 1. The standard InChI is InChI=1S/C25H32N8O3/c1-6-35-24-17-7-8-19-18-11-20(26-12-21(18)28-27-19)23-16(3)29-32(5)25(23)36-15(2)13-31(4)14-22(17)33(30-24)9-10-34/h7-8,11-12,15,34H,6,9-10,13-14H2,1-5H3,(H,27,28)/b8-7+. The van der Waals surface area contributed by atoms with E-state index >= 15 is 0 Å². The van der Waals surface area contributed by atoms with E-state index in [0.29, 0.717) is 38.0 Å². The van der Waals surface area contributed by atoms with Crippen molar-refractivity contribution in [3.63, 3.8) is 0 Å². The molecule has 0 spiro atoms. The van der Waals surface area contributed by atoms with Crippen LogP contribution in [0, 0.1) is 6.92 Å². The van der Waals surface area contributed by atoms with Gasteiger partial charge in [-0.05, 0) is 46.0 Å². The molecule has 0 fully saturated rings. The summed E-state index contributed by atoms with van der Waals surface area (Å²) in [5.74, 6) is 1.22. The zero-order valence-corrected chi connectivity index (χ0v) is 21.3. The van der Waals surface area contributed by atoms with Crippen LogP contribution in [0.3, 0.4) is 0 Å². The molecule has 5 heterocycles. The van der Waals surface area contributed by atoms with E-state index in [4.69, 9.17) is 9.47 Å². The lowest BCUT2D eigenvalue weighted by Crippen LogP contribution is -2.32. The van der Waals surface area contributed by atoms with Gasteiger partial charge in [-0.25, -0.2) is 4.68 Å². The van der Waals surface area contributed by atoms with Gasteiger partial charge >= 0.3 is 0 Å². The lowest BCUT2D eigenvalue weighted by atomic mass is 10.1. The second-order valence-corrected chi connectivity index (χ2v) is 9.12. The summed E-state index contributed by atoms with van der Waals surface area (Å²) >= 11 is 0. The minimum absolute atomic E-state index is 0.0188. The van der Waals surface area contributed by atoms with Gasteiger partial charge in [0, 0.05) is 25.5 Å². The molecule has 0 aromatic carbocycles. The van der Waals surface area contributed by atoms with Crippen LogP contribution in [0.15, 0.2) is 12.3 Å². The van der Waals surface area contributed by atoms with Gasteiger partial charge in [0.1, 0.15) is 6.10 Å². The zero-order valence-electron chi connectivity index (χ0n) is 21.3. The molecule has 5 rings (SSSR count). The molecular formula is C25H32N8O3. The second kappa shape index (κ2) is 9.75. The molecule has 1 unspecified atom stereocenters. The maximum Gasteiger partial charge on any atom is 0.240 e. The molecule has 1 atom stereocenters. The Hall–Kier alpha value is -3.70. The van der Waals surface area contributed by atoms with E-state index < -0.39 is 0 Å². The van der Waals surface area contributed by atoms with Crippen LogP contribution < -0.4 is 9.47 Å². The number of H-pyrrole nitrogens is 1. The quantitative estimate of drug-likeness (QED) is 0.446. The number of rotatable bonds is 4. The van der Waals surface area contributed by atoms with Gasteiger partial charge in [-0.1, -0.05) is 0 Å². The van der Waals surface area contributed by atoms with Crippen molar-refractivity contribution in [2.24, 2.45) is 7.05 Å². The first-order valence-electron chi connectivity index (χ1n) is 12.1. The van der Waals surface area contributed by atoms with Crippen LogP contribution in [0.2, 0.25) is 0 Å². The summed E-state index contributed by atoms with van der Waals surface area (Å²) < 4.78 is 15.9. The van der Waals surface area contributed by atoms with Crippen molar-refractivity contribution < 1.29 is 14.6 Å². The fourth-order valence-corrected chi connectivity index (χ4v) is 4.76. The molecule has 11 nitrogen and oxygen atoms in total. The molecule has 190 valence electrons. The minimum Gasteiger partial charge on any atom is -0.476 e. The first-order chi connectivity index (χ1) is 17.4. The zero-order chi connectivity index (χ0) is 25.4. The van der Waals surface area contributed by atoms with Crippen molar-refractivity contribution in [3.8, 4) is 23.0 Å². The van der Waals surface area contributed by atoms with Crippen molar-refractivity contribution in [2.75, 3.05) is 26.8 Å². The van der Waals surface area contributed by atoms with E-state index in [1.54, 1.807) is 10.9 Å². The Balaban J connectivity index is 1.70. The van der Waals surface area contributed by atoms with Crippen LogP contribution >= 0.6 is 0 Å².